The molecule has 1 heterocycles. The first-order chi connectivity index (χ1) is 14.6. The van der Waals surface area contributed by atoms with Gasteiger partial charge in [0, 0.05) is 38.6 Å². The van der Waals surface area contributed by atoms with E-state index in [-0.39, 0.29) is 30.7 Å². The Morgan fingerprint density at radius 1 is 0.875 bits per heavy atom. The van der Waals surface area contributed by atoms with E-state index < -0.39 is 5.60 Å². The van der Waals surface area contributed by atoms with Crippen molar-refractivity contribution in [2.24, 2.45) is 0 Å². The van der Waals surface area contributed by atoms with Gasteiger partial charge in [0.15, 0.2) is 0 Å². The fourth-order valence-corrected chi connectivity index (χ4v) is 4.92. The van der Waals surface area contributed by atoms with Gasteiger partial charge in [0.05, 0.1) is 5.60 Å². The molecule has 0 unspecified atom stereocenters. The summed E-state index contributed by atoms with van der Waals surface area (Å²) in [5, 5.41) is 11.6. The van der Waals surface area contributed by atoms with E-state index in [4.69, 9.17) is 4.74 Å². The largest absolute Gasteiger partial charge is 0.489 e. The van der Waals surface area contributed by atoms with Gasteiger partial charge in [-0.3, -0.25) is 0 Å². The van der Waals surface area contributed by atoms with E-state index in [1.807, 2.05) is 18.2 Å². The van der Waals surface area contributed by atoms with Gasteiger partial charge in [0.1, 0.15) is 12.4 Å². The molecule has 1 atom stereocenters. The van der Waals surface area contributed by atoms with Gasteiger partial charge in [-0.25, -0.2) is 0 Å². The predicted octanol–water partition coefficient (Wildman–Crippen LogP) is 5.14. The highest BCUT2D eigenvalue weighted by Gasteiger charge is 2.39. The number of benzene rings is 2. The molecule has 4 rings (SSSR count). The van der Waals surface area contributed by atoms with Crippen molar-refractivity contribution in [2.75, 3.05) is 39.8 Å². The van der Waals surface area contributed by atoms with Crippen LogP contribution in [0.15, 0.2) is 54.6 Å². The van der Waals surface area contributed by atoms with E-state index in [0.29, 0.717) is 6.61 Å². The zero-order chi connectivity index (χ0) is 20.8. The van der Waals surface area contributed by atoms with Crippen molar-refractivity contribution in [1.82, 2.24) is 9.80 Å². The maximum atomic E-state index is 11.6. The van der Waals surface area contributed by atoms with E-state index in [1.54, 1.807) is 0 Å². The van der Waals surface area contributed by atoms with Crippen LogP contribution in [0.4, 0.5) is 0 Å². The van der Waals surface area contributed by atoms with Crippen molar-refractivity contribution in [3.05, 3.63) is 65.7 Å². The van der Waals surface area contributed by atoms with E-state index in [2.05, 4.69) is 53.2 Å². The summed E-state index contributed by atoms with van der Waals surface area (Å²) in [6.45, 7) is 5.90. The van der Waals surface area contributed by atoms with Gasteiger partial charge in [-0.1, -0.05) is 61.7 Å². The summed E-state index contributed by atoms with van der Waals surface area (Å²) in [5.74, 6) is 1.04. The standard InChI is InChI=1S/C26H36N2O2.2ClH/c1-27-16-18-28(19-17-27)20-25(26(29)14-6-3-7-15-26)23-10-12-24(13-11-23)30-21-22-8-4-2-5-9-22;;/h2,4-5,8-13,25,29H,3,6-7,14-21H2,1H3;2*1H/t25-;;/m0../s1. The Labute approximate surface area is 205 Å². The van der Waals surface area contributed by atoms with Crippen molar-refractivity contribution in [3.8, 4) is 5.75 Å². The number of nitrogens with zero attached hydrogens (tertiary/aromatic N) is 2. The van der Waals surface area contributed by atoms with Crippen molar-refractivity contribution >= 4 is 24.8 Å². The van der Waals surface area contributed by atoms with E-state index in [9.17, 15) is 5.11 Å². The second-order valence-corrected chi connectivity index (χ2v) is 9.16. The van der Waals surface area contributed by atoms with Crippen molar-refractivity contribution in [3.63, 3.8) is 0 Å². The average molecular weight is 482 g/mol. The summed E-state index contributed by atoms with van der Waals surface area (Å²) in [6, 6.07) is 18.8. The summed E-state index contributed by atoms with van der Waals surface area (Å²) in [6.07, 6.45) is 5.34. The lowest BCUT2D eigenvalue weighted by molar-refractivity contribution is -0.0337. The molecule has 6 heteroatoms. The third-order valence-corrected chi connectivity index (χ3v) is 6.94. The van der Waals surface area contributed by atoms with Crippen LogP contribution in [0.25, 0.3) is 0 Å². The highest BCUT2D eigenvalue weighted by atomic mass is 35.5. The third kappa shape index (κ3) is 7.10. The molecule has 1 N–H and O–H groups in total. The van der Waals surface area contributed by atoms with Gasteiger partial charge in [-0.05, 0) is 43.1 Å². The lowest BCUT2D eigenvalue weighted by atomic mass is 9.72. The Balaban J connectivity index is 0.00000181. The van der Waals surface area contributed by atoms with Crippen molar-refractivity contribution in [2.45, 2.75) is 50.2 Å². The zero-order valence-corrected chi connectivity index (χ0v) is 20.8. The molecule has 2 aromatic rings. The van der Waals surface area contributed by atoms with Crippen LogP contribution in [-0.2, 0) is 6.61 Å². The van der Waals surface area contributed by atoms with Crippen LogP contribution < -0.4 is 4.74 Å². The van der Waals surface area contributed by atoms with E-state index in [0.717, 1.165) is 64.2 Å². The Morgan fingerprint density at radius 3 is 2.12 bits per heavy atom. The number of likely N-dealkylation sites (N-methyl/N-ethyl adjacent to an activating group) is 1. The Bertz CT molecular complexity index is 774. The van der Waals surface area contributed by atoms with E-state index >= 15 is 0 Å². The average Bonchev–Trinajstić information content (AvgIpc) is 2.79. The van der Waals surface area contributed by atoms with Crippen LogP contribution in [0.5, 0.6) is 5.75 Å². The molecular formula is C26H38Cl2N2O2. The number of aliphatic hydroxyl groups is 1. The molecular weight excluding hydrogens is 443 g/mol. The maximum absolute atomic E-state index is 11.6. The second kappa shape index (κ2) is 12.8. The maximum Gasteiger partial charge on any atom is 0.119 e. The molecule has 1 saturated carbocycles. The highest BCUT2D eigenvalue weighted by molar-refractivity contribution is 5.85. The summed E-state index contributed by atoms with van der Waals surface area (Å²) in [4.78, 5) is 4.93. The first kappa shape index (κ1) is 26.9. The van der Waals surface area contributed by atoms with Crippen LogP contribution in [0.2, 0.25) is 0 Å². The molecule has 4 nitrogen and oxygen atoms in total. The van der Waals surface area contributed by atoms with Gasteiger partial charge >= 0.3 is 0 Å². The summed E-state index contributed by atoms with van der Waals surface area (Å²) < 4.78 is 5.98. The molecule has 2 fully saturated rings. The highest BCUT2D eigenvalue weighted by Crippen LogP contribution is 2.41. The van der Waals surface area contributed by atoms with Gasteiger partial charge in [-0.15, -0.1) is 24.8 Å². The molecule has 0 radical (unpaired) electrons. The van der Waals surface area contributed by atoms with Crippen LogP contribution in [0.1, 0.15) is 49.1 Å². The first-order valence-corrected chi connectivity index (χ1v) is 11.5. The number of hydrogen-bond acceptors (Lipinski definition) is 4. The van der Waals surface area contributed by atoms with Crippen molar-refractivity contribution < 1.29 is 9.84 Å². The lowest BCUT2D eigenvalue weighted by Crippen LogP contribution is -2.50. The molecule has 178 valence electrons. The first-order valence-electron chi connectivity index (χ1n) is 11.5. The normalized spacial score (nSPS) is 19.9. The number of hydrogen-bond donors (Lipinski definition) is 1. The zero-order valence-electron chi connectivity index (χ0n) is 19.1. The van der Waals surface area contributed by atoms with E-state index in [1.165, 1.54) is 17.5 Å². The molecule has 1 aliphatic heterocycles. The van der Waals surface area contributed by atoms with Gasteiger partial charge in [0.2, 0.25) is 0 Å². The summed E-state index contributed by atoms with van der Waals surface area (Å²) >= 11 is 0. The SMILES string of the molecule is CN1CCN(C[C@@H](c2ccc(OCc3ccccc3)cc2)C2(O)CCCCC2)CC1.Cl.Cl. The van der Waals surface area contributed by atoms with Gasteiger partial charge in [0.25, 0.3) is 0 Å². The second-order valence-electron chi connectivity index (χ2n) is 9.16. The Kier molecular flexibility index (Phi) is 10.8. The number of halogens is 2. The smallest absolute Gasteiger partial charge is 0.119 e. The minimum Gasteiger partial charge on any atom is -0.489 e. The lowest BCUT2D eigenvalue weighted by Gasteiger charge is -2.43. The number of rotatable bonds is 7. The number of piperazine rings is 1. The van der Waals surface area contributed by atoms with Crippen LogP contribution >= 0.6 is 24.8 Å². The molecule has 1 saturated heterocycles. The Hall–Kier alpha value is -1.30. The molecule has 2 aromatic carbocycles. The molecule has 2 aliphatic rings. The number of ether oxygens (including phenoxy) is 1. The molecule has 1 aliphatic carbocycles. The topological polar surface area (TPSA) is 35.9 Å². The fraction of sp³-hybridized carbons (Fsp3) is 0.538. The third-order valence-electron chi connectivity index (χ3n) is 6.94. The predicted molar refractivity (Wildman–Crippen MR) is 136 cm³/mol. The van der Waals surface area contributed by atoms with Gasteiger partial charge in [-0.2, -0.15) is 0 Å². The quantitative estimate of drug-likeness (QED) is 0.595. The van der Waals surface area contributed by atoms with Crippen LogP contribution in [-0.4, -0.2) is 60.3 Å². The summed E-state index contributed by atoms with van der Waals surface area (Å²) in [7, 11) is 2.19. The van der Waals surface area contributed by atoms with Gasteiger partial charge < -0.3 is 19.6 Å². The fourth-order valence-electron chi connectivity index (χ4n) is 4.92. The molecule has 0 bridgehead atoms. The Morgan fingerprint density at radius 2 is 1.50 bits per heavy atom. The monoisotopic (exact) mass is 480 g/mol. The van der Waals surface area contributed by atoms with Crippen LogP contribution in [0, 0.1) is 0 Å². The molecule has 0 spiro atoms. The molecule has 0 amide bonds. The molecule has 32 heavy (non-hydrogen) atoms. The van der Waals surface area contributed by atoms with Crippen molar-refractivity contribution in [1.29, 1.82) is 0 Å². The van der Waals surface area contributed by atoms with Crippen LogP contribution in [0.3, 0.4) is 0 Å². The minimum atomic E-state index is -0.589. The minimum absolute atomic E-state index is 0. The molecule has 0 aromatic heterocycles. The summed E-state index contributed by atoms with van der Waals surface area (Å²) in [5.41, 5.74) is 1.82.